The molecule has 1 unspecified atom stereocenters. The van der Waals surface area contributed by atoms with Crippen LogP contribution in [0.2, 0.25) is 0 Å². The van der Waals surface area contributed by atoms with Crippen LogP contribution in [0.25, 0.3) is 16.7 Å². The second kappa shape index (κ2) is 7.08. The molecule has 0 spiro atoms. The van der Waals surface area contributed by atoms with Crippen molar-refractivity contribution in [2.75, 3.05) is 0 Å². The molecule has 3 N–H and O–H groups in total. The first-order valence-electron chi connectivity index (χ1n) is 8.93. The summed E-state index contributed by atoms with van der Waals surface area (Å²) in [7, 11) is 0. The summed E-state index contributed by atoms with van der Waals surface area (Å²) in [5, 5.41) is 13.4. The van der Waals surface area contributed by atoms with E-state index in [0.29, 0.717) is 17.0 Å². The predicted molar refractivity (Wildman–Crippen MR) is 108 cm³/mol. The first kappa shape index (κ1) is 17.6. The Morgan fingerprint density at radius 3 is 2.57 bits per heavy atom. The highest BCUT2D eigenvalue weighted by Gasteiger charge is 2.16. The summed E-state index contributed by atoms with van der Waals surface area (Å²) in [6.07, 6.45) is 0. The van der Waals surface area contributed by atoms with E-state index in [0.717, 1.165) is 10.9 Å². The monoisotopic (exact) mass is 373 g/mol. The lowest BCUT2D eigenvalue weighted by molar-refractivity contribution is 0.0935. The number of hydrogen-bond acceptors (Lipinski definition) is 3. The number of nitrogens with one attached hydrogen (secondary N) is 2. The number of hydrogen-bond donors (Lipinski definition) is 3. The number of fused-ring (bicyclic) bond motifs is 1. The zero-order valence-corrected chi connectivity index (χ0v) is 15.2. The Morgan fingerprint density at radius 2 is 1.82 bits per heavy atom. The van der Waals surface area contributed by atoms with Gasteiger partial charge in [0.1, 0.15) is 17.1 Å². The average molecular weight is 373 g/mol. The number of aromatic amines is 1. The molecule has 6 heteroatoms. The Labute approximate surface area is 161 Å². The van der Waals surface area contributed by atoms with Crippen LogP contribution in [0.15, 0.2) is 77.6 Å². The number of pyridine rings is 1. The minimum Gasteiger partial charge on any atom is -0.508 e. The van der Waals surface area contributed by atoms with Crippen molar-refractivity contribution in [2.45, 2.75) is 13.0 Å². The number of aromatic nitrogens is 2. The summed E-state index contributed by atoms with van der Waals surface area (Å²) in [6.45, 7) is 1.92. The van der Waals surface area contributed by atoms with Gasteiger partial charge in [-0.15, -0.1) is 0 Å². The smallest absolute Gasteiger partial charge is 0.268 e. The van der Waals surface area contributed by atoms with E-state index in [9.17, 15) is 14.7 Å². The number of benzene rings is 2. The molecule has 1 amide bonds. The standard InChI is InChI=1S/C22H19N3O3/c1-14(15-6-3-2-4-7-15)23-22(28)19-12-16-10-11-20(27)25(21(16)24-19)17-8-5-9-18(26)13-17/h2-14,24,26H,1H3,(H,23,28). The van der Waals surface area contributed by atoms with Crippen molar-refractivity contribution in [1.82, 2.24) is 14.9 Å². The number of carbonyl (C=O) groups is 1. The summed E-state index contributed by atoms with van der Waals surface area (Å²) in [5.41, 5.74) is 2.11. The van der Waals surface area contributed by atoms with Gasteiger partial charge < -0.3 is 15.4 Å². The molecule has 4 rings (SSSR count). The molecule has 28 heavy (non-hydrogen) atoms. The third-order valence-electron chi connectivity index (χ3n) is 4.66. The quantitative estimate of drug-likeness (QED) is 0.511. The SMILES string of the molecule is CC(NC(=O)c1cc2ccc(=O)n(-c3cccc(O)c3)c2[nH]1)c1ccccc1. The van der Waals surface area contributed by atoms with Gasteiger partial charge >= 0.3 is 0 Å². The van der Waals surface area contributed by atoms with E-state index in [1.165, 1.54) is 22.8 Å². The van der Waals surface area contributed by atoms with Gasteiger partial charge in [-0.3, -0.25) is 14.2 Å². The first-order valence-corrected chi connectivity index (χ1v) is 8.93. The van der Waals surface area contributed by atoms with Gasteiger partial charge in [-0.25, -0.2) is 0 Å². The highest BCUT2D eigenvalue weighted by atomic mass is 16.3. The fourth-order valence-corrected chi connectivity index (χ4v) is 3.23. The van der Waals surface area contributed by atoms with E-state index in [4.69, 9.17) is 0 Å². The van der Waals surface area contributed by atoms with Gasteiger partial charge in [0.05, 0.1) is 11.7 Å². The summed E-state index contributed by atoms with van der Waals surface area (Å²) in [6, 6.07) is 20.8. The van der Waals surface area contributed by atoms with Crippen LogP contribution in [0, 0.1) is 0 Å². The first-order chi connectivity index (χ1) is 13.5. The molecule has 1 atom stereocenters. The largest absolute Gasteiger partial charge is 0.508 e. The van der Waals surface area contributed by atoms with Crippen LogP contribution in [0.1, 0.15) is 29.0 Å². The number of carbonyl (C=O) groups excluding carboxylic acids is 1. The minimum atomic E-state index is -0.262. The summed E-state index contributed by atoms with van der Waals surface area (Å²) in [5.74, 6) is -0.204. The topological polar surface area (TPSA) is 87.1 Å². The van der Waals surface area contributed by atoms with Gasteiger partial charge in [0, 0.05) is 17.5 Å². The van der Waals surface area contributed by atoms with Crippen LogP contribution in [0.3, 0.4) is 0 Å². The second-order valence-corrected chi connectivity index (χ2v) is 6.62. The lowest BCUT2D eigenvalue weighted by Gasteiger charge is -2.13. The lowest BCUT2D eigenvalue weighted by Crippen LogP contribution is -2.27. The Bertz CT molecular complexity index is 1210. The van der Waals surface area contributed by atoms with E-state index in [1.54, 1.807) is 24.3 Å². The van der Waals surface area contributed by atoms with Gasteiger partial charge in [0.2, 0.25) is 0 Å². The number of phenols is 1. The zero-order valence-electron chi connectivity index (χ0n) is 15.2. The van der Waals surface area contributed by atoms with E-state index >= 15 is 0 Å². The van der Waals surface area contributed by atoms with Crippen molar-refractivity contribution < 1.29 is 9.90 Å². The van der Waals surface area contributed by atoms with Gasteiger partial charge in [0.25, 0.3) is 11.5 Å². The molecular weight excluding hydrogens is 354 g/mol. The van der Waals surface area contributed by atoms with Gasteiger partial charge in [-0.2, -0.15) is 0 Å². The van der Waals surface area contributed by atoms with Crippen LogP contribution in [0.5, 0.6) is 5.75 Å². The molecule has 0 bridgehead atoms. The predicted octanol–water partition coefficient (Wildman–Crippen LogP) is 3.52. The summed E-state index contributed by atoms with van der Waals surface area (Å²) >= 11 is 0. The lowest BCUT2D eigenvalue weighted by atomic mass is 10.1. The van der Waals surface area contributed by atoms with Gasteiger partial charge in [-0.1, -0.05) is 36.4 Å². The molecule has 6 nitrogen and oxygen atoms in total. The number of nitrogens with zero attached hydrogens (tertiary/aromatic N) is 1. The van der Waals surface area contributed by atoms with Crippen LogP contribution in [0.4, 0.5) is 0 Å². The molecule has 2 heterocycles. The Kier molecular flexibility index (Phi) is 4.45. The van der Waals surface area contributed by atoms with Crippen LogP contribution >= 0.6 is 0 Å². The molecule has 0 saturated heterocycles. The third kappa shape index (κ3) is 3.27. The molecular formula is C22H19N3O3. The maximum absolute atomic E-state index is 12.7. The maximum Gasteiger partial charge on any atom is 0.268 e. The minimum absolute atomic E-state index is 0.0580. The van der Waals surface area contributed by atoms with E-state index < -0.39 is 0 Å². The summed E-state index contributed by atoms with van der Waals surface area (Å²) < 4.78 is 1.44. The van der Waals surface area contributed by atoms with Crippen molar-refractivity contribution >= 4 is 16.9 Å². The third-order valence-corrected chi connectivity index (χ3v) is 4.66. The molecule has 0 aliphatic rings. The van der Waals surface area contributed by atoms with Crippen LogP contribution in [-0.4, -0.2) is 20.6 Å². The Balaban J connectivity index is 1.71. The Hall–Kier alpha value is -3.80. The molecule has 0 radical (unpaired) electrons. The number of amides is 1. The van der Waals surface area contributed by atoms with Crippen LogP contribution < -0.4 is 10.9 Å². The molecule has 4 aromatic rings. The fraction of sp³-hybridized carbons (Fsp3) is 0.0909. The van der Waals surface area contributed by atoms with Crippen molar-refractivity contribution in [2.24, 2.45) is 0 Å². The van der Waals surface area contributed by atoms with E-state index in [1.807, 2.05) is 37.3 Å². The number of aromatic hydroxyl groups is 1. The number of phenolic OH excluding ortho intramolecular Hbond substituents is 1. The van der Waals surface area contributed by atoms with Crippen molar-refractivity contribution in [3.63, 3.8) is 0 Å². The molecule has 0 saturated carbocycles. The second-order valence-electron chi connectivity index (χ2n) is 6.62. The van der Waals surface area contributed by atoms with Crippen molar-refractivity contribution in [3.05, 3.63) is 94.4 Å². The summed E-state index contributed by atoms with van der Waals surface area (Å²) in [4.78, 5) is 28.2. The fourth-order valence-electron chi connectivity index (χ4n) is 3.23. The number of rotatable bonds is 4. The number of H-pyrrole nitrogens is 1. The maximum atomic E-state index is 12.7. The normalized spacial score (nSPS) is 12.0. The van der Waals surface area contributed by atoms with Gasteiger partial charge in [-0.05, 0) is 36.8 Å². The van der Waals surface area contributed by atoms with Gasteiger partial charge in [0.15, 0.2) is 0 Å². The van der Waals surface area contributed by atoms with Crippen molar-refractivity contribution in [1.29, 1.82) is 0 Å². The molecule has 0 fully saturated rings. The highest BCUT2D eigenvalue weighted by molar-refractivity contribution is 5.97. The molecule has 140 valence electrons. The zero-order chi connectivity index (χ0) is 19.7. The Morgan fingerprint density at radius 1 is 1.04 bits per heavy atom. The highest BCUT2D eigenvalue weighted by Crippen LogP contribution is 2.20. The molecule has 0 aliphatic carbocycles. The van der Waals surface area contributed by atoms with E-state index in [-0.39, 0.29) is 23.3 Å². The van der Waals surface area contributed by atoms with Crippen molar-refractivity contribution in [3.8, 4) is 11.4 Å². The average Bonchev–Trinajstić information content (AvgIpc) is 3.13. The molecule has 0 aliphatic heterocycles. The van der Waals surface area contributed by atoms with E-state index in [2.05, 4.69) is 10.3 Å². The van der Waals surface area contributed by atoms with Crippen LogP contribution in [-0.2, 0) is 0 Å². The molecule has 2 aromatic heterocycles. The molecule has 2 aromatic carbocycles.